The third-order valence-corrected chi connectivity index (χ3v) is 3.13. The minimum Gasteiger partial charge on any atom is -0.0955 e. The molecule has 0 fully saturated rings. The summed E-state index contributed by atoms with van der Waals surface area (Å²) in [6.07, 6.45) is 0. The minimum absolute atomic E-state index is 1.04. The molecule has 0 bridgehead atoms. The van der Waals surface area contributed by atoms with Gasteiger partial charge in [-0.1, -0.05) is 47.3 Å². The maximum absolute atomic E-state index is 4.05. The molecule has 1 aromatic rings. The van der Waals surface area contributed by atoms with Crippen LogP contribution in [0.5, 0.6) is 0 Å². The van der Waals surface area contributed by atoms with Gasteiger partial charge in [-0.3, -0.25) is 0 Å². The van der Waals surface area contributed by atoms with Crippen molar-refractivity contribution < 1.29 is 0 Å². The smallest absolute Gasteiger partial charge is 0.0256 e. The summed E-state index contributed by atoms with van der Waals surface area (Å²) in [5.41, 5.74) is 6.55. The molecule has 0 spiro atoms. The molecular weight excluding hydrogens is 260 g/mol. The summed E-state index contributed by atoms with van der Waals surface area (Å²) in [7, 11) is 0. The van der Waals surface area contributed by atoms with Crippen molar-refractivity contribution >= 4 is 32.6 Å². The van der Waals surface area contributed by atoms with Crippen LogP contribution in [-0.4, -0.2) is 0 Å². The second-order valence-corrected chi connectivity index (χ2v) is 5.04. The van der Waals surface area contributed by atoms with Crippen LogP contribution in [0.3, 0.4) is 0 Å². The molecule has 0 saturated heterocycles. The van der Waals surface area contributed by atoms with Crippen molar-refractivity contribution in [1.29, 1.82) is 0 Å². The zero-order valence-corrected chi connectivity index (χ0v) is 11.7. The number of rotatable bonds is 3. The molecule has 0 radical (unpaired) electrons. The summed E-state index contributed by atoms with van der Waals surface area (Å²) < 4.78 is 1.06. The SMILES string of the molecule is C=C(C)c1ccc(Br)c(C(=C)C)c1C(=C)C. The molecule has 84 valence electrons. The molecule has 0 saturated carbocycles. The van der Waals surface area contributed by atoms with Gasteiger partial charge in [0.1, 0.15) is 0 Å². The Morgan fingerprint density at radius 3 is 1.75 bits per heavy atom. The Labute approximate surface area is 107 Å². The molecule has 0 atom stereocenters. The molecule has 0 nitrogen and oxygen atoms in total. The van der Waals surface area contributed by atoms with Crippen LogP contribution in [0.1, 0.15) is 37.5 Å². The number of halogens is 1. The lowest BCUT2D eigenvalue weighted by Crippen LogP contribution is -1.96. The van der Waals surface area contributed by atoms with Crippen LogP contribution in [0.15, 0.2) is 36.3 Å². The van der Waals surface area contributed by atoms with Gasteiger partial charge in [0, 0.05) is 4.47 Å². The summed E-state index contributed by atoms with van der Waals surface area (Å²) >= 11 is 3.57. The Bertz CT molecular complexity index is 478. The van der Waals surface area contributed by atoms with Gasteiger partial charge in [0.25, 0.3) is 0 Å². The Hall–Kier alpha value is -1.08. The highest BCUT2D eigenvalue weighted by Crippen LogP contribution is 2.35. The normalized spacial score (nSPS) is 10.0. The fourth-order valence-corrected chi connectivity index (χ4v) is 2.46. The van der Waals surface area contributed by atoms with E-state index < -0.39 is 0 Å². The van der Waals surface area contributed by atoms with Gasteiger partial charge in [-0.15, -0.1) is 0 Å². The van der Waals surface area contributed by atoms with Gasteiger partial charge in [0.05, 0.1) is 0 Å². The van der Waals surface area contributed by atoms with Crippen molar-refractivity contribution in [2.75, 3.05) is 0 Å². The molecule has 0 aliphatic heterocycles. The molecule has 16 heavy (non-hydrogen) atoms. The van der Waals surface area contributed by atoms with E-state index in [1.165, 1.54) is 0 Å². The van der Waals surface area contributed by atoms with Gasteiger partial charge in [-0.05, 0) is 54.7 Å². The van der Waals surface area contributed by atoms with Crippen LogP contribution in [0.4, 0.5) is 0 Å². The zero-order valence-electron chi connectivity index (χ0n) is 10.2. The fraction of sp³-hybridized carbons (Fsp3) is 0.200. The number of hydrogen-bond acceptors (Lipinski definition) is 0. The van der Waals surface area contributed by atoms with Gasteiger partial charge in [0.15, 0.2) is 0 Å². The van der Waals surface area contributed by atoms with Crippen molar-refractivity contribution in [2.45, 2.75) is 20.8 Å². The Morgan fingerprint density at radius 1 is 0.875 bits per heavy atom. The fourth-order valence-electron chi connectivity index (χ4n) is 1.79. The van der Waals surface area contributed by atoms with Crippen molar-refractivity contribution in [2.24, 2.45) is 0 Å². The van der Waals surface area contributed by atoms with Gasteiger partial charge >= 0.3 is 0 Å². The first kappa shape index (κ1) is 13.0. The molecule has 0 aliphatic carbocycles. The summed E-state index contributed by atoms with van der Waals surface area (Å²) in [6.45, 7) is 18.1. The second kappa shape index (κ2) is 4.84. The summed E-state index contributed by atoms with van der Waals surface area (Å²) in [6, 6.07) is 4.11. The average Bonchev–Trinajstić information content (AvgIpc) is 2.15. The predicted molar refractivity (Wildman–Crippen MR) is 78.3 cm³/mol. The lowest BCUT2D eigenvalue weighted by molar-refractivity contribution is 1.42. The van der Waals surface area contributed by atoms with Crippen LogP contribution >= 0.6 is 15.9 Å². The van der Waals surface area contributed by atoms with E-state index in [9.17, 15) is 0 Å². The predicted octanol–water partition coefficient (Wildman–Crippen LogP) is 5.55. The van der Waals surface area contributed by atoms with E-state index in [1.54, 1.807) is 0 Å². The number of allylic oxidation sites excluding steroid dienone is 3. The van der Waals surface area contributed by atoms with Crippen molar-refractivity contribution in [3.8, 4) is 0 Å². The van der Waals surface area contributed by atoms with E-state index in [0.717, 1.165) is 37.9 Å². The highest BCUT2D eigenvalue weighted by atomic mass is 79.9. The highest BCUT2D eigenvalue weighted by molar-refractivity contribution is 9.10. The van der Waals surface area contributed by atoms with Crippen LogP contribution in [0, 0.1) is 0 Å². The standard InChI is InChI=1S/C15H17Br/c1-9(2)12-7-8-13(16)15(11(5)6)14(12)10(3)4/h7-8H,1,3,5H2,2,4,6H3. The first-order chi connectivity index (χ1) is 7.36. The molecule has 0 amide bonds. The van der Waals surface area contributed by atoms with Gasteiger partial charge in [0.2, 0.25) is 0 Å². The third-order valence-electron chi connectivity index (χ3n) is 2.47. The van der Waals surface area contributed by atoms with Crippen molar-refractivity contribution in [3.05, 3.63) is 53.0 Å². The minimum atomic E-state index is 1.04. The number of hydrogen-bond donors (Lipinski definition) is 0. The largest absolute Gasteiger partial charge is 0.0955 e. The second-order valence-electron chi connectivity index (χ2n) is 4.19. The van der Waals surface area contributed by atoms with Gasteiger partial charge in [-0.2, -0.15) is 0 Å². The van der Waals surface area contributed by atoms with Crippen LogP contribution in [-0.2, 0) is 0 Å². The highest BCUT2D eigenvalue weighted by Gasteiger charge is 2.13. The summed E-state index contributed by atoms with van der Waals surface area (Å²) in [5.74, 6) is 0. The Kier molecular flexibility index (Phi) is 3.93. The van der Waals surface area contributed by atoms with E-state index in [4.69, 9.17) is 0 Å². The molecule has 0 N–H and O–H groups in total. The maximum Gasteiger partial charge on any atom is 0.0256 e. The molecule has 1 heteroatoms. The van der Waals surface area contributed by atoms with Crippen molar-refractivity contribution in [1.82, 2.24) is 0 Å². The quantitative estimate of drug-likeness (QED) is 0.679. The van der Waals surface area contributed by atoms with Gasteiger partial charge in [-0.25, -0.2) is 0 Å². The molecule has 0 aromatic heterocycles. The molecule has 1 aromatic carbocycles. The average molecular weight is 277 g/mol. The summed E-state index contributed by atoms with van der Waals surface area (Å²) in [4.78, 5) is 0. The lowest BCUT2D eigenvalue weighted by atomic mass is 9.90. The van der Waals surface area contributed by atoms with E-state index in [-0.39, 0.29) is 0 Å². The third kappa shape index (κ3) is 2.35. The lowest BCUT2D eigenvalue weighted by Gasteiger charge is -2.17. The van der Waals surface area contributed by atoms with Crippen LogP contribution < -0.4 is 0 Å². The van der Waals surface area contributed by atoms with E-state index in [2.05, 4.69) is 41.7 Å². The van der Waals surface area contributed by atoms with E-state index >= 15 is 0 Å². The van der Waals surface area contributed by atoms with E-state index in [1.807, 2.05) is 26.8 Å². The molecule has 0 heterocycles. The monoisotopic (exact) mass is 276 g/mol. The molecular formula is C15H17Br. The van der Waals surface area contributed by atoms with Crippen molar-refractivity contribution in [3.63, 3.8) is 0 Å². The topological polar surface area (TPSA) is 0 Å². The van der Waals surface area contributed by atoms with Crippen LogP contribution in [0.25, 0.3) is 16.7 Å². The first-order valence-electron chi connectivity index (χ1n) is 5.16. The molecule has 1 rings (SSSR count). The molecule has 0 unspecified atom stereocenters. The van der Waals surface area contributed by atoms with Gasteiger partial charge < -0.3 is 0 Å². The Morgan fingerprint density at radius 2 is 1.38 bits per heavy atom. The first-order valence-corrected chi connectivity index (χ1v) is 5.95. The summed E-state index contributed by atoms with van der Waals surface area (Å²) in [5, 5.41) is 0. The van der Waals surface area contributed by atoms with E-state index in [0.29, 0.717) is 0 Å². The van der Waals surface area contributed by atoms with Crippen LogP contribution in [0.2, 0.25) is 0 Å². The number of benzene rings is 1. The Balaban J connectivity index is 3.70. The zero-order chi connectivity index (χ0) is 12.5. The molecule has 0 aliphatic rings. The maximum atomic E-state index is 4.05.